The van der Waals surface area contributed by atoms with Crippen LogP contribution in [0.15, 0.2) is 48.5 Å². The molecule has 1 saturated heterocycles. The summed E-state index contributed by atoms with van der Waals surface area (Å²) in [5.74, 6) is 0.714. The molecule has 0 aliphatic carbocycles. The number of methoxy groups -OCH3 is 1. The van der Waals surface area contributed by atoms with Crippen molar-refractivity contribution in [2.75, 3.05) is 32.1 Å². The van der Waals surface area contributed by atoms with Crippen molar-refractivity contribution in [3.05, 3.63) is 48.5 Å². The highest BCUT2D eigenvalue weighted by atomic mass is 16.5. The Bertz CT molecular complexity index is 733. The summed E-state index contributed by atoms with van der Waals surface area (Å²) >= 11 is 0. The SMILES string of the molecule is COc1ccc(N(C[C@@H]2CCCN2C)C(=O)O)c(-c2ccccc2)c1. The molecule has 0 unspecified atom stereocenters. The first kappa shape index (κ1) is 17.3. The average molecular weight is 340 g/mol. The number of hydrogen-bond acceptors (Lipinski definition) is 3. The Kier molecular flexibility index (Phi) is 5.24. The van der Waals surface area contributed by atoms with E-state index in [-0.39, 0.29) is 6.04 Å². The number of hydrogen-bond donors (Lipinski definition) is 1. The van der Waals surface area contributed by atoms with Crippen LogP contribution in [-0.4, -0.2) is 49.4 Å². The highest BCUT2D eigenvalue weighted by Crippen LogP contribution is 2.35. The Morgan fingerprint density at radius 2 is 2.04 bits per heavy atom. The summed E-state index contributed by atoms with van der Waals surface area (Å²) in [5.41, 5.74) is 2.53. The molecule has 1 atom stereocenters. The van der Waals surface area contributed by atoms with Crippen LogP contribution < -0.4 is 9.64 Å². The molecule has 1 aliphatic rings. The highest BCUT2D eigenvalue weighted by Gasteiger charge is 2.28. The maximum atomic E-state index is 12.0. The van der Waals surface area contributed by atoms with E-state index in [1.165, 1.54) is 4.90 Å². The van der Waals surface area contributed by atoms with Gasteiger partial charge in [0.05, 0.1) is 12.8 Å². The van der Waals surface area contributed by atoms with Gasteiger partial charge in [-0.25, -0.2) is 4.79 Å². The predicted octanol–water partition coefficient (Wildman–Crippen LogP) is 3.94. The molecule has 5 nitrogen and oxygen atoms in total. The Morgan fingerprint density at radius 3 is 2.64 bits per heavy atom. The predicted molar refractivity (Wildman–Crippen MR) is 99.5 cm³/mol. The molecule has 1 heterocycles. The molecule has 1 N–H and O–H groups in total. The third kappa shape index (κ3) is 3.77. The van der Waals surface area contributed by atoms with E-state index in [1.54, 1.807) is 7.11 Å². The fraction of sp³-hybridized carbons (Fsp3) is 0.350. The first-order valence-electron chi connectivity index (χ1n) is 8.54. The molecule has 0 bridgehead atoms. The third-order valence-electron chi connectivity index (χ3n) is 4.88. The summed E-state index contributed by atoms with van der Waals surface area (Å²) in [5, 5.41) is 9.85. The van der Waals surface area contributed by atoms with Crippen molar-refractivity contribution in [2.45, 2.75) is 18.9 Å². The first-order valence-corrected chi connectivity index (χ1v) is 8.54. The van der Waals surface area contributed by atoms with Gasteiger partial charge in [-0.2, -0.15) is 0 Å². The minimum Gasteiger partial charge on any atom is -0.497 e. The summed E-state index contributed by atoms with van der Waals surface area (Å²) < 4.78 is 5.35. The lowest BCUT2D eigenvalue weighted by Crippen LogP contribution is -2.41. The van der Waals surface area contributed by atoms with Gasteiger partial charge in [0.2, 0.25) is 0 Å². The van der Waals surface area contributed by atoms with Gasteiger partial charge >= 0.3 is 6.09 Å². The largest absolute Gasteiger partial charge is 0.497 e. The molecule has 1 amide bonds. The summed E-state index contributed by atoms with van der Waals surface area (Å²) in [6.45, 7) is 1.49. The van der Waals surface area contributed by atoms with Gasteiger partial charge in [0.25, 0.3) is 0 Å². The molecule has 1 fully saturated rings. The van der Waals surface area contributed by atoms with E-state index in [9.17, 15) is 9.90 Å². The van der Waals surface area contributed by atoms with E-state index < -0.39 is 6.09 Å². The van der Waals surface area contributed by atoms with Gasteiger partial charge in [0.1, 0.15) is 5.75 Å². The van der Waals surface area contributed by atoms with Gasteiger partial charge < -0.3 is 14.7 Å². The normalized spacial score (nSPS) is 17.4. The molecule has 0 radical (unpaired) electrons. The fourth-order valence-electron chi connectivity index (χ4n) is 3.43. The van der Waals surface area contributed by atoms with E-state index in [0.29, 0.717) is 18.0 Å². The number of carboxylic acid groups (broad SMARTS) is 1. The third-order valence-corrected chi connectivity index (χ3v) is 4.88. The number of benzene rings is 2. The van der Waals surface area contributed by atoms with Crippen LogP contribution in [-0.2, 0) is 0 Å². The maximum absolute atomic E-state index is 12.0. The maximum Gasteiger partial charge on any atom is 0.411 e. The monoisotopic (exact) mass is 340 g/mol. The van der Waals surface area contributed by atoms with Crippen LogP contribution in [0.4, 0.5) is 10.5 Å². The minimum absolute atomic E-state index is 0.252. The van der Waals surface area contributed by atoms with Crippen molar-refractivity contribution >= 4 is 11.8 Å². The Labute approximate surface area is 148 Å². The number of amides is 1. The van der Waals surface area contributed by atoms with Crippen LogP contribution in [0.3, 0.4) is 0 Å². The van der Waals surface area contributed by atoms with Gasteiger partial charge in [-0.1, -0.05) is 30.3 Å². The molecular formula is C20H24N2O3. The summed E-state index contributed by atoms with van der Waals surface area (Å²) in [7, 11) is 3.68. The molecule has 1 aliphatic heterocycles. The second kappa shape index (κ2) is 7.57. The van der Waals surface area contributed by atoms with Gasteiger partial charge in [-0.05, 0) is 50.2 Å². The molecule has 0 spiro atoms. The molecule has 2 aromatic rings. The molecule has 5 heteroatoms. The van der Waals surface area contributed by atoms with E-state index >= 15 is 0 Å². The molecular weight excluding hydrogens is 316 g/mol. The van der Waals surface area contributed by atoms with Gasteiger partial charge in [0, 0.05) is 18.2 Å². The van der Waals surface area contributed by atoms with Gasteiger partial charge in [0.15, 0.2) is 0 Å². The number of carbonyl (C=O) groups is 1. The zero-order chi connectivity index (χ0) is 17.8. The van der Waals surface area contributed by atoms with Crippen molar-refractivity contribution < 1.29 is 14.6 Å². The van der Waals surface area contributed by atoms with Crippen LogP contribution in [0.1, 0.15) is 12.8 Å². The molecule has 0 aromatic heterocycles. The average Bonchev–Trinajstić information content (AvgIpc) is 3.04. The van der Waals surface area contributed by atoms with Crippen LogP contribution in [0.2, 0.25) is 0 Å². The molecule has 25 heavy (non-hydrogen) atoms. The fourth-order valence-corrected chi connectivity index (χ4v) is 3.43. The highest BCUT2D eigenvalue weighted by molar-refractivity contribution is 5.93. The quantitative estimate of drug-likeness (QED) is 0.896. The molecule has 3 rings (SSSR count). The van der Waals surface area contributed by atoms with E-state index in [2.05, 4.69) is 11.9 Å². The van der Waals surface area contributed by atoms with E-state index in [1.807, 2.05) is 48.5 Å². The topological polar surface area (TPSA) is 53.0 Å². The van der Waals surface area contributed by atoms with Crippen molar-refractivity contribution in [1.29, 1.82) is 0 Å². The van der Waals surface area contributed by atoms with Crippen molar-refractivity contribution in [1.82, 2.24) is 4.90 Å². The van der Waals surface area contributed by atoms with Crippen molar-refractivity contribution in [2.24, 2.45) is 0 Å². The van der Waals surface area contributed by atoms with Crippen LogP contribution in [0.25, 0.3) is 11.1 Å². The number of ether oxygens (including phenoxy) is 1. The number of likely N-dealkylation sites (tertiary alicyclic amines) is 1. The number of nitrogens with zero attached hydrogens (tertiary/aromatic N) is 2. The zero-order valence-electron chi connectivity index (χ0n) is 14.7. The first-order chi connectivity index (χ1) is 12.1. The van der Waals surface area contributed by atoms with Crippen LogP contribution >= 0.6 is 0 Å². The lowest BCUT2D eigenvalue weighted by Gasteiger charge is -2.28. The summed E-state index contributed by atoms with van der Waals surface area (Å²) in [6, 6.07) is 15.6. The Morgan fingerprint density at radius 1 is 1.28 bits per heavy atom. The van der Waals surface area contributed by atoms with E-state index in [0.717, 1.165) is 30.5 Å². The summed E-state index contributed by atoms with van der Waals surface area (Å²) in [6.07, 6.45) is 1.21. The molecule has 2 aromatic carbocycles. The van der Waals surface area contributed by atoms with Crippen molar-refractivity contribution in [3.63, 3.8) is 0 Å². The van der Waals surface area contributed by atoms with Crippen LogP contribution in [0, 0.1) is 0 Å². The van der Waals surface area contributed by atoms with Gasteiger partial charge in [-0.3, -0.25) is 4.90 Å². The number of anilines is 1. The zero-order valence-corrected chi connectivity index (χ0v) is 14.7. The van der Waals surface area contributed by atoms with Gasteiger partial charge in [-0.15, -0.1) is 0 Å². The lowest BCUT2D eigenvalue weighted by atomic mass is 10.0. The minimum atomic E-state index is -0.928. The standard InChI is InChI=1S/C20H24N2O3/c1-21-12-6-9-16(21)14-22(20(23)24)19-11-10-17(25-2)13-18(19)15-7-4-3-5-8-15/h3-5,7-8,10-11,13,16H,6,9,12,14H2,1-2H3,(H,23,24)/t16-/m0/s1. The van der Waals surface area contributed by atoms with Crippen molar-refractivity contribution in [3.8, 4) is 16.9 Å². The molecule has 0 saturated carbocycles. The van der Waals surface area contributed by atoms with E-state index in [4.69, 9.17) is 4.74 Å². The summed E-state index contributed by atoms with van der Waals surface area (Å²) in [4.78, 5) is 15.7. The number of likely N-dealkylation sites (N-methyl/N-ethyl adjacent to an activating group) is 1. The Balaban J connectivity index is 2.02. The lowest BCUT2D eigenvalue weighted by molar-refractivity contribution is 0.198. The smallest absolute Gasteiger partial charge is 0.411 e. The second-order valence-corrected chi connectivity index (χ2v) is 6.42. The number of rotatable bonds is 5. The second-order valence-electron chi connectivity index (χ2n) is 6.42. The Hall–Kier alpha value is -2.53. The molecule has 132 valence electrons. The van der Waals surface area contributed by atoms with Crippen LogP contribution in [0.5, 0.6) is 5.75 Å².